The number of terminal acetylenes is 1. The number of rotatable bonds is 6. The number of hydrogen-bond donors (Lipinski definition) is 2. The molecule has 0 unspecified atom stereocenters. The smallest absolute Gasteiger partial charge is 0.385 e. The number of fused-ring (bicyclic) bond motifs is 1. The SMILES string of the molecule is C#C.CCC(O)(CC)c1cc2c(NCc3cccc(C(F)(F)F)c3C)nc(C)nc2n(C)c1=O. The maximum absolute atomic E-state index is 13.3. The van der Waals surface area contributed by atoms with Crippen molar-refractivity contribution < 1.29 is 18.3 Å². The van der Waals surface area contributed by atoms with Crippen molar-refractivity contribution in [3.05, 3.63) is 62.7 Å². The van der Waals surface area contributed by atoms with Gasteiger partial charge >= 0.3 is 6.18 Å². The second-order valence-corrected chi connectivity index (χ2v) is 7.96. The van der Waals surface area contributed by atoms with Crippen molar-refractivity contribution in [2.24, 2.45) is 7.05 Å². The van der Waals surface area contributed by atoms with E-state index < -0.39 is 17.3 Å². The predicted octanol–water partition coefficient (Wildman–Crippen LogP) is 4.83. The van der Waals surface area contributed by atoms with Gasteiger partial charge in [0.25, 0.3) is 5.56 Å². The number of aromatic nitrogens is 3. The Morgan fingerprint density at radius 2 is 1.71 bits per heavy atom. The molecule has 3 rings (SSSR count). The summed E-state index contributed by atoms with van der Waals surface area (Å²) < 4.78 is 41.2. The van der Waals surface area contributed by atoms with Gasteiger partial charge in [0.15, 0.2) is 0 Å². The summed E-state index contributed by atoms with van der Waals surface area (Å²) in [5.74, 6) is 0.792. The second-order valence-electron chi connectivity index (χ2n) is 7.96. The molecule has 0 spiro atoms. The molecule has 0 aliphatic heterocycles. The largest absolute Gasteiger partial charge is 0.416 e. The van der Waals surface area contributed by atoms with Crippen molar-refractivity contribution in [1.29, 1.82) is 0 Å². The maximum Gasteiger partial charge on any atom is 0.416 e. The predicted molar refractivity (Wildman–Crippen MR) is 127 cm³/mol. The van der Waals surface area contributed by atoms with Crippen molar-refractivity contribution in [3.63, 3.8) is 0 Å². The molecule has 182 valence electrons. The van der Waals surface area contributed by atoms with Crippen molar-refractivity contribution in [2.45, 2.75) is 58.9 Å². The molecule has 0 fully saturated rings. The topological polar surface area (TPSA) is 80.0 Å². The third kappa shape index (κ3) is 5.07. The van der Waals surface area contributed by atoms with Gasteiger partial charge < -0.3 is 10.4 Å². The number of pyridine rings is 1. The third-order valence-corrected chi connectivity index (χ3v) is 6.05. The van der Waals surface area contributed by atoms with Crippen molar-refractivity contribution >= 4 is 16.9 Å². The fraction of sp³-hybridized carbons (Fsp3) is 0.400. The lowest BCUT2D eigenvalue weighted by Gasteiger charge is -2.26. The van der Waals surface area contributed by atoms with E-state index in [0.29, 0.717) is 41.1 Å². The van der Waals surface area contributed by atoms with Gasteiger partial charge in [0.1, 0.15) is 17.3 Å². The minimum Gasteiger partial charge on any atom is -0.385 e. The van der Waals surface area contributed by atoms with E-state index in [4.69, 9.17) is 0 Å². The first-order chi connectivity index (χ1) is 15.9. The van der Waals surface area contributed by atoms with E-state index in [1.807, 2.05) is 0 Å². The zero-order valence-corrected chi connectivity index (χ0v) is 19.9. The van der Waals surface area contributed by atoms with Crippen molar-refractivity contribution in [2.75, 3.05) is 5.32 Å². The molecular weight excluding hydrogens is 445 g/mol. The summed E-state index contributed by atoms with van der Waals surface area (Å²) in [6.45, 7) is 6.81. The highest BCUT2D eigenvalue weighted by atomic mass is 19.4. The van der Waals surface area contributed by atoms with Gasteiger partial charge in [-0.3, -0.25) is 9.36 Å². The van der Waals surface area contributed by atoms with Crippen LogP contribution in [0, 0.1) is 26.7 Å². The van der Waals surface area contributed by atoms with Crippen molar-refractivity contribution in [1.82, 2.24) is 14.5 Å². The Bertz CT molecular complexity index is 1260. The van der Waals surface area contributed by atoms with Crippen LogP contribution >= 0.6 is 0 Å². The monoisotopic (exact) mass is 474 g/mol. The lowest BCUT2D eigenvalue weighted by molar-refractivity contribution is -0.138. The minimum atomic E-state index is -4.43. The number of aliphatic hydroxyl groups is 1. The number of nitrogens with one attached hydrogen (secondary N) is 1. The van der Waals surface area contributed by atoms with Crippen LogP contribution in [0.5, 0.6) is 0 Å². The molecule has 2 heterocycles. The van der Waals surface area contributed by atoms with Crippen LogP contribution in [0.2, 0.25) is 0 Å². The maximum atomic E-state index is 13.3. The Labute approximate surface area is 196 Å². The number of hydrogen-bond acceptors (Lipinski definition) is 5. The van der Waals surface area contributed by atoms with Crippen LogP contribution in [0.15, 0.2) is 29.1 Å². The Morgan fingerprint density at radius 3 is 2.26 bits per heavy atom. The molecule has 0 saturated heterocycles. The van der Waals surface area contributed by atoms with Gasteiger partial charge in [-0.25, -0.2) is 9.97 Å². The summed E-state index contributed by atoms with van der Waals surface area (Å²) in [6, 6.07) is 5.65. The molecule has 0 bridgehead atoms. The summed E-state index contributed by atoms with van der Waals surface area (Å²) in [6.07, 6.45) is 4.27. The second kappa shape index (κ2) is 10.3. The van der Waals surface area contributed by atoms with Gasteiger partial charge in [0.2, 0.25) is 0 Å². The first-order valence-corrected chi connectivity index (χ1v) is 10.8. The molecular formula is C25H29F3N4O2. The van der Waals surface area contributed by atoms with Crippen LogP contribution in [-0.4, -0.2) is 19.6 Å². The number of halogens is 3. The molecule has 0 amide bonds. The van der Waals surface area contributed by atoms with Crippen LogP contribution in [0.3, 0.4) is 0 Å². The highest BCUT2D eigenvalue weighted by molar-refractivity contribution is 5.87. The van der Waals surface area contributed by atoms with E-state index in [0.717, 1.165) is 6.07 Å². The summed E-state index contributed by atoms with van der Waals surface area (Å²) in [5, 5.41) is 14.6. The minimum absolute atomic E-state index is 0.102. The quantitative estimate of drug-likeness (QED) is 0.500. The van der Waals surface area contributed by atoms with Crippen LogP contribution < -0.4 is 10.9 Å². The highest BCUT2D eigenvalue weighted by Gasteiger charge is 2.33. The summed E-state index contributed by atoms with van der Waals surface area (Å²) in [4.78, 5) is 21.7. The van der Waals surface area contributed by atoms with Crippen LogP contribution in [0.25, 0.3) is 11.0 Å². The fourth-order valence-corrected chi connectivity index (χ4v) is 3.90. The molecule has 0 atom stereocenters. The zero-order valence-electron chi connectivity index (χ0n) is 19.9. The molecule has 0 aliphatic rings. The number of anilines is 1. The Balaban J connectivity index is 0.00000199. The van der Waals surface area contributed by atoms with E-state index in [-0.39, 0.29) is 23.2 Å². The fourth-order valence-electron chi connectivity index (χ4n) is 3.90. The highest BCUT2D eigenvalue weighted by Crippen LogP contribution is 2.34. The molecule has 6 nitrogen and oxygen atoms in total. The Hall–Kier alpha value is -3.38. The van der Waals surface area contributed by atoms with Crippen molar-refractivity contribution in [3.8, 4) is 12.8 Å². The van der Waals surface area contributed by atoms with Crippen LogP contribution in [0.1, 0.15) is 54.8 Å². The first kappa shape index (κ1) is 26.9. The molecule has 2 N–H and O–H groups in total. The van der Waals surface area contributed by atoms with Gasteiger partial charge in [0.05, 0.1) is 16.6 Å². The standard InChI is InChI=1S/C23H27F3N4O2.C2H2/c1-6-22(32,7-2)18-11-16-19(28-14(4)29-20(16)30(5)21(18)31)27-12-15-9-8-10-17(13(15)3)23(24,25)26;1-2/h8-11,32H,6-7,12H2,1-5H3,(H,27,28,29);1-2H. The summed E-state index contributed by atoms with van der Waals surface area (Å²) in [7, 11) is 1.58. The van der Waals surface area contributed by atoms with E-state index >= 15 is 0 Å². The number of benzene rings is 1. The molecule has 0 radical (unpaired) electrons. The normalized spacial score (nSPS) is 11.7. The first-order valence-electron chi connectivity index (χ1n) is 10.8. The zero-order chi connectivity index (χ0) is 25.8. The van der Waals surface area contributed by atoms with E-state index in [9.17, 15) is 23.1 Å². The van der Waals surface area contributed by atoms with Crippen LogP contribution in [-0.2, 0) is 25.4 Å². The van der Waals surface area contributed by atoms with E-state index in [1.54, 1.807) is 40.0 Å². The van der Waals surface area contributed by atoms with Gasteiger partial charge in [-0.05, 0) is 49.9 Å². The molecule has 0 aliphatic carbocycles. The Morgan fingerprint density at radius 1 is 1.09 bits per heavy atom. The van der Waals surface area contributed by atoms with E-state index in [2.05, 4.69) is 28.1 Å². The van der Waals surface area contributed by atoms with Gasteiger partial charge in [-0.1, -0.05) is 26.0 Å². The number of aryl methyl sites for hydroxylation is 2. The lowest BCUT2D eigenvalue weighted by atomic mass is 9.89. The average Bonchev–Trinajstić information content (AvgIpc) is 2.80. The third-order valence-electron chi connectivity index (χ3n) is 6.05. The summed E-state index contributed by atoms with van der Waals surface area (Å²) in [5.41, 5.74) is -1.09. The summed E-state index contributed by atoms with van der Waals surface area (Å²) >= 11 is 0. The van der Waals surface area contributed by atoms with Gasteiger partial charge in [0, 0.05) is 19.2 Å². The lowest BCUT2D eigenvalue weighted by Crippen LogP contribution is -2.34. The average molecular weight is 475 g/mol. The molecule has 3 aromatic rings. The van der Waals surface area contributed by atoms with Gasteiger partial charge in [-0.2, -0.15) is 13.2 Å². The molecule has 2 aromatic heterocycles. The number of alkyl halides is 3. The number of nitrogens with zero attached hydrogens (tertiary/aromatic N) is 3. The molecule has 34 heavy (non-hydrogen) atoms. The Kier molecular flexibility index (Phi) is 8.11. The van der Waals surface area contributed by atoms with Gasteiger partial charge in [-0.15, -0.1) is 12.8 Å². The van der Waals surface area contributed by atoms with E-state index in [1.165, 1.54) is 17.6 Å². The van der Waals surface area contributed by atoms with Crippen LogP contribution in [0.4, 0.5) is 19.0 Å². The molecule has 0 saturated carbocycles. The molecule has 1 aromatic carbocycles. The molecule has 9 heteroatoms.